The Bertz CT molecular complexity index is 1040. The van der Waals surface area contributed by atoms with Crippen molar-refractivity contribution in [3.05, 3.63) is 47.8 Å². The summed E-state index contributed by atoms with van der Waals surface area (Å²) in [6, 6.07) is 10.6. The van der Waals surface area contributed by atoms with Gasteiger partial charge in [0, 0.05) is 36.3 Å². The van der Waals surface area contributed by atoms with E-state index in [1.54, 1.807) is 6.07 Å². The molecule has 2 atom stereocenters. The number of benzene rings is 2. The molecule has 1 fully saturated rings. The lowest BCUT2D eigenvalue weighted by Crippen LogP contribution is -2.34. The summed E-state index contributed by atoms with van der Waals surface area (Å²) in [5.74, 6) is 0.496. The van der Waals surface area contributed by atoms with E-state index in [1.165, 1.54) is 12.1 Å². The number of carbonyl (C=O) groups is 1. The fourth-order valence-electron chi connectivity index (χ4n) is 4.07. The van der Waals surface area contributed by atoms with Crippen LogP contribution in [0.2, 0.25) is 0 Å². The Morgan fingerprint density at radius 2 is 2.07 bits per heavy atom. The number of fused-ring (bicyclic) bond motifs is 1. The molecular formula is C22H25FN4O. The zero-order valence-corrected chi connectivity index (χ0v) is 16.2. The van der Waals surface area contributed by atoms with Crippen LogP contribution in [0.3, 0.4) is 0 Å². The summed E-state index contributed by atoms with van der Waals surface area (Å²) >= 11 is 0. The van der Waals surface area contributed by atoms with Gasteiger partial charge in [-0.3, -0.25) is 4.79 Å². The Hall–Kier alpha value is -2.73. The van der Waals surface area contributed by atoms with Crippen molar-refractivity contribution in [3.8, 4) is 11.4 Å². The van der Waals surface area contributed by atoms with Gasteiger partial charge in [-0.2, -0.15) is 0 Å². The molecule has 1 amide bonds. The Morgan fingerprint density at radius 3 is 2.82 bits per heavy atom. The van der Waals surface area contributed by atoms with Gasteiger partial charge in [0.15, 0.2) is 0 Å². The molecule has 1 aromatic heterocycles. The van der Waals surface area contributed by atoms with Crippen molar-refractivity contribution in [1.82, 2.24) is 9.55 Å². The van der Waals surface area contributed by atoms with Crippen molar-refractivity contribution in [1.29, 1.82) is 0 Å². The van der Waals surface area contributed by atoms with Crippen LogP contribution in [0.15, 0.2) is 36.4 Å². The maximum atomic E-state index is 13.5. The largest absolute Gasteiger partial charge is 0.328 e. The summed E-state index contributed by atoms with van der Waals surface area (Å²) in [6.07, 6.45) is 3.65. The molecule has 3 N–H and O–H groups in total. The van der Waals surface area contributed by atoms with E-state index in [1.807, 2.05) is 36.7 Å². The second kappa shape index (κ2) is 7.36. The molecule has 1 saturated carbocycles. The minimum Gasteiger partial charge on any atom is -0.328 e. The number of nitrogens with one attached hydrogen (secondary N) is 1. The number of nitrogens with zero attached hydrogens (tertiary/aromatic N) is 2. The minimum atomic E-state index is -0.297. The number of carbonyl (C=O) groups excluding carboxylic acids is 1. The number of imidazole rings is 1. The van der Waals surface area contributed by atoms with Gasteiger partial charge in [-0.05, 0) is 62.1 Å². The molecule has 5 nitrogen and oxygen atoms in total. The van der Waals surface area contributed by atoms with Crippen molar-refractivity contribution in [2.45, 2.75) is 38.6 Å². The molecule has 1 heterocycles. The van der Waals surface area contributed by atoms with Gasteiger partial charge in [0.05, 0.1) is 11.0 Å². The fraction of sp³-hybridized carbons (Fsp3) is 0.364. The Kier molecular flexibility index (Phi) is 4.89. The average Bonchev–Trinajstić information content (AvgIpc) is 2.99. The Morgan fingerprint density at radius 1 is 1.25 bits per heavy atom. The molecule has 0 aliphatic heterocycles. The molecule has 0 radical (unpaired) electrons. The van der Waals surface area contributed by atoms with Crippen molar-refractivity contribution < 1.29 is 9.18 Å². The average molecular weight is 380 g/mol. The molecule has 4 rings (SSSR count). The van der Waals surface area contributed by atoms with Crippen LogP contribution in [0.1, 0.15) is 31.2 Å². The second-order valence-electron chi connectivity index (χ2n) is 7.77. The summed E-state index contributed by atoms with van der Waals surface area (Å²) in [6.45, 7) is 1.97. The Labute approximate surface area is 163 Å². The quantitative estimate of drug-likeness (QED) is 0.717. The van der Waals surface area contributed by atoms with Crippen molar-refractivity contribution in [2.24, 2.45) is 18.7 Å². The molecule has 2 aromatic carbocycles. The number of rotatable bonds is 3. The van der Waals surface area contributed by atoms with Crippen LogP contribution in [0.25, 0.3) is 22.4 Å². The first-order valence-electron chi connectivity index (χ1n) is 9.72. The first-order valence-corrected chi connectivity index (χ1v) is 9.72. The third-order valence-electron chi connectivity index (χ3n) is 5.67. The highest BCUT2D eigenvalue weighted by Gasteiger charge is 2.25. The van der Waals surface area contributed by atoms with Crippen LogP contribution in [0.5, 0.6) is 0 Å². The van der Waals surface area contributed by atoms with Crippen LogP contribution < -0.4 is 11.1 Å². The molecule has 6 heteroatoms. The summed E-state index contributed by atoms with van der Waals surface area (Å²) < 4.78 is 15.4. The highest BCUT2D eigenvalue weighted by atomic mass is 19.1. The molecule has 0 bridgehead atoms. The van der Waals surface area contributed by atoms with Gasteiger partial charge < -0.3 is 15.6 Å². The van der Waals surface area contributed by atoms with E-state index < -0.39 is 0 Å². The van der Waals surface area contributed by atoms with Crippen molar-refractivity contribution in [3.63, 3.8) is 0 Å². The van der Waals surface area contributed by atoms with Crippen LogP contribution >= 0.6 is 0 Å². The summed E-state index contributed by atoms with van der Waals surface area (Å²) in [5.41, 5.74) is 10.2. The summed E-state index contributed by atoms with van der Waals surface area (Å²) in [5, 5.41) is 3.06. The third-order valence-corrected chi connectivity index (χ3v) is 5.67. The standard InChI is InChI=1S/C22H25FN4O/c1-13-10-14(21-25-19-12-16(23)7-9-20(19)27(21)2)6-8-18(13)26-22(28)15-4-3-5-17(24)11-15/h6-10,12,15,17H,3-5,11,24H2,1-2H3,(H,26,28). The van der Waals surface area contributed by atoms with Gasteiger partial charge in [0.2, 0.25) is 5.91 Å². The SMILES string of the molecule is Cc1cc(-c2nc3cc(F)ccc3n2C)ccc1NC(=O)C1CCCC(N)C1. The van der Waals surface area contributed by atoms with E-state index in [0.29, 0.717) is 5.52 Å². The van der Waals surface area contributed by atoms with E-state index in [4.69, 9.17) is 5.73 Å². The number of hydrogen-bond acceptors (Lipinski definition) is 3. The molecule has 146 valence electrons. The monoisotopic (exact) mass is 380 g/mol. The zero-order valence-electron chi connectivity index (χ0n) is 16.2. The molecule has 3 aromatic rings. The van der Waals surface area contributed by atoms with E-state index in [9.17, 15) is 9.18 Å². The first-order chi connectivity index (χ1) is 13.4. The molecule has 0 saturated heterocycles. The maximum absolute atomic E-state index is 13.5. The third kappa shape index (κ3) is 3.52. The number of halogens is 1. The van der Waals surface area contributed by atoms with E-state index in [0.717, 1.165) is 53.8 Å². The van der Waals surface area contributed by atoms with Crippen LogP contribution in [0.4, 0.5) is 10.1 Å². The Balaban J connectivity index is 1.58. The summed E-state index contributed by atoms with van der Waals surface area (Å²) in [4.78, 5) is 17.2. The van der Waals surface area contributed by atoms with Crippen molar-refractivity contribution >= 4 is 22.6 Å². The van der Waals surface area contributed by atoms with Gasteiger partial charge in [-0.25, -0.2) is 9.37 Å². The lowest BCUT2D eigenvalue weighted by molar-refractivity contribution is -0.120. The number of aryl methyl sites for hydroxylation is 2. The number of aromatic nitrogens is 2. The number of hydrogen-bond donors (Lipinski definition) is 2. The maximum Gasteiger partial charge on any atom is 0.227 e. The zero-order chi connectivity index (χ0) is 19.8. The first kappa shape index (κ1) is 18.6. The van der Waals surface area contributed by atoms with Crippen LogP contribution in [-0.4, -0.2) is 21.5 Å². The van der Waals surface area contributed by atoms with E-state index >= 15 is 0 Å². The lowest BCUT2D eigenvalue weighted by atomic mass is 9.85. The van der Waals surface area contributed by atoms with Gasteiger partial charge >= 0.3 is 0 Å². The van der Waals surface area contributed by atoms with E-state index in [-0.39, 0.29) is 23.7 Å². The molecule has 1 aliphatic carbocycles. The fourth-order valence-corrected chi connectivity index (χ4v) is 4.07. The molecule has 28 heavy (non-hydrogen) atoms. The molecule has 2 unspecified atom stereocenters. The molecular weight excluding hydrogens is 355 g/mol. The highest BCUT2D eigenvalue weighted by Crippen LogP contribution is 2.29. The molecule has 1 aliphatic rings. The summed E-state index contributed by atoms with van der Waals surface area (Å²) in [7, 11) is 1.92. The second-order valence-corrected chi connectivity index (χ2v) is 7.77. The highest BCUT2D eigenvalue weighted by molar-refractivity contribution is 5.93. The normalized spacial score (nSPS) is 19.7. The van der Waals surface area contributed by atoms with Gasteiger partial charge in [-0.15, -0.1) is 0 Å². The number of nitrogens with two attached hydrogens (primary N) is 1. The van der Waals surface area contributed by atoms with Crippen LogP contribution in [-0.2, 0) is 11.8 Å². The van der Waals surface area contributed by atoms with Crippen molar-refractivity contribution in [2.75, 3.05) is 5.32 Å². The number of anilines is 1. The smallest absolute Gasteiger partial charge is 0.227 e. The minimum absolute atomic E-state index is 0.0161. The lowest BCUT2D eigenvalue weighted by Gasteiger charge is -2.26. The van der Waals surface area contributed by atoms with Crippen LogP contribution in [0, 0.1) is 18.7 Å². The number of amides is 1. The van der Waals surface area contributed by atoms with E-state index in [2.05, 4.69) is 10.3 Å². The molecule has 0 spiro atoms. The predicted molar refractivity (Wildman–Crippen MR) is 109 cm³/mol. The van der Waals surface area contributed by atoms with Gasteiger partial charge in [0.25, 0.3) is 0 Å². The van der Waals surface area contributed by atoms with Gasteiger partial charge in [-0.1, -0.05) is 6.42 Å². The topological polar surface area (TPSA) is 72.9 Å². The predicted octanol–water partition coefficient (Wildman–Crippen LogP) is 4.14. The van der Waals surface area contributed by atoms with Gasteiger partial charge in [0.1, 0.15) is 11.6 Å².